The number of piperidine rings is 1. The van der Waals surface area contributed by atoms with Gasteiger partial charge in [-0.25, -0.2) is 9.37 Å². The molecule has 3 rings (SSSR count). The number of nitrogens with zero attached hydrogens (tertiary/aromatic N) is 2. The van der Waals surface area contributed by atoms with Crippen LogP contribution < -0.4 is 10.2 Å². The maximum absolute atomic E-state index is 13.0. The summed E-state index contributed by atoms with van der Waals surface area (Å²) in [6.45, 7) is 3.29. The van der Waals surface area contributed by atoms with Crippen molar-refractivity contribution in [1.82, 2.24) is 10.3 Å². The molecule has 1 aliphatic rings. The number of carbonyl (C=O) groups is 1. The fourth-order valence-corrected chi connectivity index (χ4v) is 3.59. The summed E-state index contributed by atoms with van der Waals surface area (Å²) in [5.41, 5.74) is 1.78. The minimum Gasteiger partial charge on any atom is -0.352 e. The SMILES string of the molecule is CC(=O)NC1CCCN(c2nc(-c3ccc(F)cc3)cs2)C1. The third-order valence-corrected chi connectivity index (χ3v) is 4.63. The molecule has 0 spiro atoms. The van der Waals surface area contributed by atoms with E-state index in [0.717, 1.165) is 42.3 Å². The molecule has 2 heterocycles. The molecule has 1 aliphatic heterocycles. The van der Waals surface area contributed by atoms with Crippen LogP contribution in [0.15, 0.2) is 29.6 Å². The number of hydrogen-bond acceptors (Lipinski definition) is 4. The number of benzene rings is 1. The van der Waals surface area contributed by atoms with Crippen LogP contribution in [0.1, 0.15) is 19.8 Å². The molecule has 1 N–H and O–H groups in total. The Morgan fingerprint density at radius 3 is 2.91 bits per heavy atom. The van der Waals surface area contributed by atoms with Crippen LogP contribution in [0.25, 0.3) is 11.3 Å². The molecule has 1 unspecified atom stereocenters. The molecule has 0 aliphatic carbocycles. The minimum absolute atomic E-state index is 0.0120. The van der Waals surface area contributed by atoms with E-state index < -0.39 is 0 Å². The number of anilines is 1. The number of nitrogens with one attached hydrogen (secondary N) is 1. The normalized spacial score (nSPS) is 18.3. The molecular weight excluding hydrogens is 301 g/mol. The van der Waals surface area contributed by atoms with Crippen LogP contribution in [-0.2, 0) is 4.79 Å². The van der Waals surface area contributed by atoms with Crippen LogP contribution in [0.5, 0.6) is 0 Å². The van der Waals surface area contributed by atoms with Gasteiger partial charge in [0, 0.05) is 37.0 Å². The molecule has 0 saturated carbocycles. The minimum atomic E-state index is -0.242. The fourth-order valence-electron chi connectivity index (χ4n) is 2.72. The van der Waals surface area contributed by atoms with Crippen molar-refractivity contribution in [3.8, 4) is 11.3 Å². The lowest BCUT2D eigenvalue weighted by Gasteiger charge is -2.32. The molecule has 1 aromatic carbocycles. The first kappa shape index (κ1) is 15.0. The van der Waals surface area contributed by atoms with Gasteiger partial charge in [0.25, 0.3) is 0 Å². The van der Waals surface area contributed by atoms with Crippen molar-refractivity contribution in [2.75, 3.05) is 18.0 Å². The van der Waals surface area contributed by atoms with Crippen LogP contribution in [0.2, 0.25) is 0 Å². The summed E-state index contributed by atoms with van der Waals surface area (Å²) in [5.74, 6) is -0.230. The average molecular weight is 319 g/mol. The fraction of sp³-hybridized carbons (Fsp3) is 0.375. The molecule has 22 heavy (non-hydrogen) atoms. The molecule has 116 valence electrons. The molecule has 1 saturated heterocycles. The van der Waals surface area contributed by atoms with Gasteiger partial charge in [0.15, 0.2) is 5.13 Å². The van der Waals surface area contributed by atoms with E-state index >= 15 is 0 Å². The van der Waals surface area contributed by atoms with E-state index in [-0.39, 0.29) is 17.8 Å². The second-order valence-electron chi connectivity index (χ2n) is 5.51. The predicted molar refractivity (Wildman–Crippen MR) is 86.6 cm³/mol. The van der Waals surface area contributed by atoms with E-state index in [9.17, 15) is 9.18 Å². The first-order valence-electron chi connectivity index (χ1n) is 7.35. The van der Waals surface area contributed by atoms with Crippen LogP contribution in [0.3, 0.4) is 0 Å². The van der Waals surface area contributed by atoms with Crippen LogP contribution in [0.4, 0.5) is 9.52 Å². The van der Waals surface area contributed by atoms with Crippen molar-refractivity contribution < 1.29 is 9.18 Å². The van der Waals surface area contributed by atoms with E-state index in [0.29, 0.717) is 0 Å². The van der Waals surface area contributed by atoms with Gasteiger partial charge >= 0.3 is 0 Å². The highest BCUT2D eigenvalue weighted by molar-refractivity contribution is 7.14. The van der Waals surface area contributed by atoms with E-state index in [1.807, 2.05) is 5.38 Å². The van der Waals surface area contributed by atoms with Crippen molar-refractivity contribution in [1.29, 1.82) is 0 Å². The molecule has 1 fully saturated rings. The summed E-state index contributed by atoms with van der Waals surface area (Å²) >= 11 is 1.58. The van der Waals surface area contributed by atoms with Crippen LogP contribution in [0, 0.1) is 5.82 Å². The lowest BCUT2D eigenvalue weighted by Crippen LogP contribution is -2.47. The van der Waals surface area contributed by atoms with Gasteiger partial charge in [-0.1, -0.05) is 0 Å². The Kier molecular flexibility index (Phi) is 4.38. The van der Waals surface area contributed by atoms with Crippen LogP contribution >= 0.6 is 11.3 Å². The highest BCUT2D eigenvalue weighted by atomic mass is 32.1. The quantitative estimate of drug-likeness (QED) is 0.946. The summed E-state index contributed by atoms with van der Waals surface area (Å²) in [7, 11) is 0. The maximum Gasteiger partial charge on any atom is 0.217 e. The Morgan fingerprint density at radius 2 is 2.18 bits per heavy atom. The van der Waals surface area contributed by atoms with Gasteiger partial charge in [0.1, 0.15) is 5.82 Å². The molecule has 1 aromatic heterocycles. The van der Waals surface area contributed by atoms with Gasteiger partial charge in [-0.15, -0.1) is 11.3 Å². The lowest BCUT2D eigenvalue weighted by molar-refractivity contribution is -0.119. The Labute approximate surface area is 133 Å². The molecule has 1 amide bonds. The van der Waals surface area contributed by atoms with Gasteiger partial charge in [0.2, 0.25) is 5.91 Å². The topological polar surface area (TPSA) is 45.2 Å². The number of thiazole rings is 1. The average Bonchev–Trinajstić information content (AvgIpc) is 2.97. The van der Waals surface area contributed by atoms with Crippen molar-refractivity contribution >= 4 is 22.4 Å². The molecular formula is C16H18FN3OS. The largest absolute Gasteiger partial charge is 0.352 e. The predicted octanol–water partition coefficient (Wildman–Crippen LogP) is 3.05. The molecule has 2 aromatic rings. The highest BCUT2D eigenvalue weighted by Gasteiger charge is 2.22. The van der Waals surface area contributed by atoms with E-state index in [4.69, 9.17) is 0 Å². The van der Waals surface area contributed by atoms with Crippen LogP contribution in [-0.4, -0.2) is 30.0 Å². The third-order valence-electron chi connectivity index (χ3n) is 3.73. The molecule has 0 radical (unpaired) electrons. The summed E-state index contributed by atoms with van der Waals surface area (Å²) in [5, 5.41) is 5.92. The summed E-state index contributed by atoms with van der Waals surface area (Å²) < 4.78 is 13.0. The second-order valence-corrected chi connectivity index (χ2v) is 6.34. The molecule has 0 bridgehead atoms. The van der Waals surface area contributed by atoms with Gasteiger partial charge in [-0.2, -0.15) is 0 Å². The van der Waals surface area contributed by atoms with E-state index in [2.05, 4.69) is 15.2 Å². The first-order valence-corrected chi connectivity index (χ1v) is 8.23. The van der Waals surface area contributed by atoms with Gasteiger partial charge < -0.3 is 10.2 Å². The van der Waals surface area contributed by atoms with Gasteiger partial charge in [0.05, 0.1) is 5.69 Å². The standard InChI is InChI=1S/C16H18FN3OS/c1-11(21)18-14-3-2-8-20(9-14)16-19-15(10-22-16)12-4-6-13(17)7-5-12/h4-7,10,14H,2-3,8-9H2,1H3,(H,18,21). The van der Waals surface area contributed by atoms with Gasteiger partial charge in [-0.3, -0.25) is 4.79 Å². The number of amides is 1. The number of aromatic nitrogens is 1. The maximum atomic E-state index is 13.0. The monoisotopic (exact) mass is 319 g/mol. The lowest BCUT2D eigenvalue weighted by atomic mass is 10.1. The van der Waals surface area contributed by atoms with Crippen molar-refractivity contribution in [2.45, 2.75) is 25.8 Å². The number of rotatable bonds is 3. The Bertz CT molecular complexity index is 656. The number of carbonyl (C=O) groups excluding carboxylic acids is 1. The second kappa shape index (κ2) is 6.44. The Balaban J connectivity index is 1.73. The van der Waals surface area contributed by atoms with Crippen molar-refractivity contribution in [3.05, 3.63) is 35.5 Å². The molecule has 6 heteroatoms. The van der Waals surface area contributed by atoms with E-state index in [1.165, 1.54) is 12.1 Å². The molecule has 4 nitrogen and oxygen atoms in total. The van der Waals surface area contributed by atoms with Crippen molar-refractivity contribution in [3.63, 3.8) is 0 Å². The Hall–Kier alpha value is -1.95. The van der Waals surface area contributed by atoms with E-state index in [1.54, 1.807) is 30.4 Å². The smallest absolute Gasteiger partial charge is 0.217 e. The zero-order valence-corrected chi connectivity index (χ0v) is 13.2. The van der Waals surface area contributed by atoms with Gasteiger partial charge in [-0.05, 0) is 37.1 Å². The summed E-state index contributed by atoms with van der Waals surface area (Å²) in [6, 6.07) is 6.56. The number of halogens is 1. The highest BCUT2D eigenvalue weighted by Crippen LogP contribution is 2.29. The third kappa shape index (κ3) is 3.44. The summed E-state index contributed by atoms with van der Waals surface area (Å²) in [4.78, 5) is 18.1. The first-order chi connectivity index (χ1) is 10.6. The summed E-state index contributed by atoms with van der Waals surface area (Å²) in [6.07, 6.45) is 2.04. The molecule has 1 atom stereocenters. The zero-order chi connectivity index (χ0) is 15.5. The number of hydrogen-bond donors (Lipinski definition) is 1. The zero-order valence-electron chi connectivity index (χ0n) is 12.4. The Morgan fingerprint density at radius 1 is 1.41 bits per heavy atom. The van der Waals surface area contributed by atoms with Crippen molar-refractivity contribution in [2.24, 2.45) is 0 Å².